The number of hydrogen-bond donors (Lipinski definition) is 0. The highest BCUT2D eigenvalue weighted by molar-refractivity contribution is 5.74. The number of aromatic nitrogens is 2. The van der Waals surface area contributed by atoms with E-state index in [4.69, 9.17) is 9.47 Å². The lowest BCUT2D eigenvalue weighted by Crippen LogP contribution is -2.36. The molecule has 2 aromatic heterocycles. The molecule has 1 fully saturated rings. The van der Waals surface area contributed by atoms with E-state index >= 15 is 0 Å². The highest BCUT2D eigenvalue weighted by atomic mass is 16.6. The van der Waals surface area contributed by atoms with Gasteiger partial charge in [-0.15, -0.1) is 0 Å². The lowest BCUT2D eigenvalue weighted by Gasteiger charge is -2.24. The Morgan fingerprint density at radius 1 is 1.26 bits per heavy atom. The number of rotatable bonds is 6. The maximum Gasteiger partial charge on any atom is 0.410 e. The number of fused-ring (bicyclic) bond motifs is 1. The van der Waals surface area contributed by atoms with Crippen LogP contribution in [-0.2, 0) is 15.9 Å². The Kier molecular flexibility index (Phi) is 6.26. The van der Waals surface area contributed by atoms with Crippen molar-refractivity contribution >= 4 is 17.1 Å². The molecule has 0 saturated carbocycles. The minimum atomic E-state index is -0.456. The lowest BCUT2D eigenvalue weighted by atomic mass is 10.1. The molecule has 0 N–H and O–H groups in total. The Morgan fingerprint density at radius 2 is 2.11 bits per heavy atom. The topological polar surface area (TPSA) is 64.5 Å². The van der Waals surface area contributed by atoms with Gasteiger partial charge in [0.05, 0.1) is 12.6 Å². The number of ether oxygens (including phenoxy) is 2. The predicted octanol–water partition coefficient (Wildman–Crippen LogP) is 3.98. The first-order chi connectivity index (χ1) is 12.9. The van der Waals surface area contributed by atoms with Crippen molar-refractivity contribution in [1.29, 1.82) is 0 Å². The predicted molar refractivity (Wildman–Crippen MR) is 105 cm³/mol. The Balaban J connectivity index is 1.34. The van der Waals surface area contributed by atoms with Gasteiger partial charge in [0.15, 0.2) is 5.65 Å². The third kappa shape index (κ3) is 5.89. The van der Waals surface area contributed by atoms with E-state index in [1.54, 1.807) is 11.1 Å². The molecule has 0 bridgehead atoms. The number of amides is 1. The zero-order valence-corrected chi connectivity index (χ0v) is 16.5. The second-order valence-corrected chi connectivity index (χ2v) is 8.02. The summed E-state index contributed by atoms with van der Waals surface area (Å²) in [5, 5.41) is 1.07. The molecule has 6 nitrogen and oxygen atoms in total. The summed E-state index contributed by atoms with van der Waals surface area (Å²) in [6.45, 7) is 7.68. The second kappa shape index (κ2) is 8.65. The van der Waals surface area contributed by atoms with Crippen molar-refractivity contribution in [2.75, 3.05) is 19.7 Å². The molecule has 0 aliphatic carbocycles. The summed E-state index contributed by atoms with van der Waals surface area (Å²) >= 11 is 0. The summed E-state index contributed by atoms with van der Waals surface area (Å²) in [5.74, 6) is 0. The minimum absolute atomic E-state index is 0.112. The average Bonchev–Trinajstić information content (AvgIpc) is 3.09. The average molecular weight is 371 g/mol. The summed E-state index contributed by atoms with van der Waals surface area (Å²) in [7, 11) is 0. The van der Waals surface area contributed by atoms with Gasteiger partial charge in [-0.05, 0) is 70.7 Å². The summed E-state index contributed by atoms with van der Waals surface area (Å²) in [5.41, 5.74) is 1.42. The fraction of sp³-hybridized carbons (Fsp3) is 0.571. The molecule has 1 aliphatic rings. The molecule has 6 heteroatoms. The fourth-order valence-electron chi connectivity index (χ4n) is 3.15. The molecular weight excluding hydrogens is 342 g/mol. The van der Waals surface area contributed by atoms with Gasteiger partial charge in [-0.25, -0.2) is 14.8 Å². The van der Waals surface area contributed by atoms with Gasteiger partial charge in [0.25, 0.3) is 0 Å². The fourth-order valence-corrected chi connectivity index (χ4v) is 3.15. The molecule has 0 radical (unpaired) electrons. The Hall–Kier alpha value is -2.21. The Bertz CT molecular complexity index is 773. The van der Waals surface area contributed by atoms with Gasteiger partial charge in [-0.2, -0.15) is 0 Å². The summed E-state index contributed by atoms with van der Waals surface area (Å²) in [6.07, 6.45) is 5.43. The highest BCUT2D eigenvalue weighted by Gasteiger charge is 2.30. The number of unbranched alkanes of at least 4 members (excludes halogenated alkanes) is 1. The van der Waals surface area contributed by atoms with E-state index in [1.807, 2.05) is 32.9 Å². The van der Waals surface area contributed by atoms with E-state index in [0.717, 1.165) is 42.4 Å². The van der Waals surface area contributed by atoms with E-state index in [-0.39, 0.29) is 12.2 Å². The lowest BCUT2D eigenvalue weighted by molar-refractivity contribution is 0.0207. The van der Waals surface area contributed by atoms with Gasteiger partial charge in [-0.3, -0.25) is 0 Å². The molecule has 0 spiro atoms. The molecule has 1 aliphatic heterocycles. The maximum absolute atomic E-state index is 12.1. The molecule has 1 amide bonds. The van der Waals surface area contributed by atoms with Crippen LogP contribution in [0.2, 0.25) is 0 Å². The number of hydrogen-bond acceptors (Lipinski definition) is 5. The smallest absolute Gasteiger partial charge is 0.410 e. The van der Waals surface area contributed by atoms with Gasteiger partial charge < -0.3 is 14.4 Å². The van der Waals surface area contributed by atoms with E-state index in [0.29, 0.717) is 19.7 Å². The number of pyridine rings is 2. The van der Waals surface area contributed by atoms with E-state index in [9.17, 15) is 4.79 Å². The van der Waals surface area contributed by atoms with Crippen LogP contribution in [0.25, 0.3) is 11.0 Å². The number of carbonyl (C=O) groups is 1. The van der Waals surface area contributed by atoms with Gasteiger partial charge in [-0.1, -0.05) is 0 Å². The van der Waals surface area contributed by atoms with E-state index in [2.05, 4.69) is 22.1 Å². The van der Waals surface area contributed by atoms with Crippen LogP contribution in [0.1, 0.15) is 45.7 Å². The minimum Gasteiger partial charge on any atom is -0.444 e. The van der Waals surface area contributed by atoms with Crippen LogP contribution < -0.4 is 0 Å². The normalized spacial score (nSPS) is 17.4. The van der Waals surface area contributed by atoms with Gasteiger partial charge in [0.1, 0.15) is 5.60 Å². The van der Waals surface area contributed by atoms with Crippen LogP contribution in [0.5, 0.6) is 0 Å². The first-order valence-electron chi connectivity index (χ1n) is 9.71. The third-order valence-electron chi connectivity index (χ3n) is 4.50. The molecule has 1 saturated heterocycles. The second-order valence-electron chi connectivity index (χ2n) is 8.02. The van der Waals surface area contributed by atoms with Crippen molar-refractivity contribution in [3.8, 4) is 0 Å². The summed E-state index contributed by atoms with van der Waals surface area (Å²) < 4.78 is 11.4. The van der Waals surface area contributed by atoms with Gasteiger partial charge in [0.2, 0.25) is 0 Å². The van der Waals surface area contributed by atoms with Gasteiger partial charge >= 0.3 is 6.09 Å². The molecule has 2 aromatic rings. The summed E-state index contributed by atoms with van der Waals surface area (Å²) in [4.78, 5) is 22.7. The highest BCUT2D eigenvalue weighted by Crippen LogP contribution is 2.18. The van der Waals surface area contributed by atoms with Crippen LogP contribution in [-0.4, -0.2) is 52.4 Å². The van der Waals surface area contributed by atoms with Crippen LogP contribution in [0.4, 0.5) is 4.79 Å². The van der Waals surface area contributed by atoms with Crippen molar-refractivity contribution < 1.29 is 14.3 Å². The van der Waals surface area contributed by atoms with Crippen molar-refractivity contribution in [2.45, 2.75) is 58.2 Å². The Labute approximate surface area is 160 Å². The first-order valence-corrected chi connectivity index (χ1v) is 9.71. The Morgan fingerprint density at radius 3 is 2.93 bits per heavy atom. The largest absolute Gasteiger partial charge is 0.444 e. The van der Waals surface area contributed by atoms with E-state index in [1.165, 1.54) is 0 Å². The monoisotopic (exact) mass is 371 g/mol. The molecule has 1 unspecified atom stereocenters. The molecule has 3 heterocycles. The molecule has 3 rings (SSSR count). The van der Waals surface area contributed by atoms with Crippen molar-refractivity contribution in [2.24, 2.45) is 0 Å². The molecular formula is C21H29N3O3. The molecule has 0 aromatic carbocycles. The van der Waals surface area contributed by atoms with Crippen molar-refractivity contribution in [3.63, 3.8) is 0 Å². The molecule has 27 heavy (non-hydrogen) atoms. The van der Waals surface area contributed by atoms with Crippen LogP contribution in [0, 0.1) is 0 Å². The van der Waals surface area contributed by atoms with Crippen LogP contribution in [0.15, 0.2) is 30.5 Å². The zero-order valence-electron chi connectivity index (χ0n) is 16.5. The van der Waals surface area contributed by atoms with Crippen molar-refractivity contribution in [3.05, 3.63) is 36.2 Å². The quantitative estimate of drug-likeness (QED) is 0.719. The standard InChI is InChI=1S/C21H29N3O3/c1-21(2,3)27-20(25)24-13-11-18(15-24)26-14-5-4-8-17-10-9-16-7-6-12-22-19(16)23-17/h6-7,9-10,12,18H,4-5,8,11,13-15H2,1-3H3. The first kappa shape index (κ1) is 19.5. The number of likely N-dealkylation sites (tertiary alicyclic amines) is 1. The van der Waals surface area contributed by atoms with Crippen molar-refractivity contribution in [1.82, 2.24) is 14.9 Å². The third-order valence-corrected chi connectivity index (χ3v) is 4.50. The summed E-state index contributed by atoms with van der Waals surface area (Å²) in [6, 6.07) is 8.09. The van der Waals surface area contributed by atoms with Crippen LogP contribution >= 0.6 is 0 Å². The van der Waals surface area contributed by atoms with Crippen LogP contribution in [0.3, 0.4) is 0 Å². The number of nitrogens with zero attached hydrogens (tertiary/aromatic N) is 3. The number of carbonyl (C=O) groups excluding carboxylic acids is 1. The van der Waals surface area contributed by atoms with Gasteiger partial charge in [0, 0.05) is 30.4 Å². The number of aryl methyl sites for hydroxylation is 1. The zero-order chi connectivity index (χ0) is 19.3. The molecule has 146 valence electrons. The maximum atomic E-state index is 12.1. The SMILES string of the molecule is CC(C)(C)OC(=O)N1CCC(OCCCCc2ccc3cccnc3n2)C1. The molecule has 1 atom stereocenters. The van der Waals surface area contributed by atoms with E-state index < -0.39 is 5.60 Å².